The molecule has 0 aliphatic carbocycles. The zero-order valence-electron chi connectivity index (χ0n) is 13.2. The van der Waals surface area contributed by atoms with E-state index in [-0.39, 0.29) is 0 Å². The molecule has 2 N–H and O–H groups in total. The van der Waals surface area contributed by atoms with Gasteiger partial charge in [-0.15, -0.1) is 0 Å². The Labute approximate surface area is 140 Å². The highest BCUT2D eigenvalue weighted by Gasteiger charge is 2.15. The van der Waals surface area contributed by atoms with Gasteiger partial charge in [0.15, 0.2) is 5.96 Å². The third kappa shape index (κ3) is 6.64. The number of benzene rings is 1. The Bertz CT molecular complexity index is 508. The van der Waals surface area contributed by atoms with Crippen LogP contribution in [0.2, 0.25) is 0 Å². The summed E-state index contributed by atoms with van der Waals surface area (Å²) in [6.45, 7) is 0.879. The van der Waals surface area contributed by atoms with Gasteiger partial charge in [-0.2, -0.15) is 11.8 Å². The number of ether oxygens (including phenoxy) is 1. The molecule has 1 aromatic carbocycles. The van der Waals surface area contributed by atoms with E-state index in [9.17, 15) is 8.78 Å². The lowest BCUT2D eigenvalue weighted by Gasteiger charge is -2.15. The highest BCUT2D eigenvalue weighted by atomic mass is 32.2. The lowest BCUT2D eigenvalue weighted by molar-refractivity contribution is 0.0818. The Morgan fingerprint density at radius 3 is 3.00 bits per heavy atom. The summed E-state index contributed by atoms with van der Waals surface area (Å²) in [5.74, 6) is 2.44. The van der Waals surface area contributed by atoms with Crippen LogP contribution in [0.25, 0.3) is 0 Å². The van der Waals surface area contributed by atoms with E-state index >= 15 is 0 Å². The van der Waals surface area contributed by atoms with Crippen molar-refractivity contribution in [3.8, 4) is 5.75 Å². The maximum Gasteiger partial charge on any atom is 0.272 e. The molecule has 128 valence electrons. The lowest BCUT2D eigenvalue weighted by atomic mass is 10.2. The molecule has 1 saturated heterocycles. The van der Waals surface area contributed by atoms with Gasteiger partial charge >= 0.3 is 0 Å². The van der Waals surface area contributed by atoms with Crippen molar-refractivity contribution in [2.24, 2.45) is 4.99 Å². The number of hydrogen-bond acceptors (Lipinski definition) is 3. The number of thioether (sulfide) groups is 1. The van der Waals surface area contributed by atoms with Gasteiger partial charge in [-0.1, -0.05) is 12.1 Å². The summed E-state index contributed by atoms with van der Waals surface area (Å²) in [5, 5.41) is 7.20. The van der Waals surface area contributed by atoms with Gasteiger partial charge < -0.3 is 15.4 Å². The molecule has 1 aliphatic heterocycles. The predicted molar refractivity (Wildman–Crippen MR) is 91.6 cm³/mol. The van der Waals surface area contributed by atoms with Crippen molar-refractivity contribution in [1.29, 1.82) is 0 Å². The number of halogens is 2. The van der Waals surface area contributed by atoms with Gasteiger partial charge in [-0.05, 0) is 36.3 Å². The monoisotopic (exact) mass is 343 g/mol. The largest absolute Gasteiger partial charge is 0.488 e. The van der Waals surface area contributed by atoms with E-state index in [4.69, 9.17) is 4.74 Å². The standard InChI is InChI=1S/C16H23F2N3OS/c1-19-16(21-10-14-6-3-7-23-14)20-9-12-4-2-5-13(8-12)22-11-15(17)18/h2,4-5,8,14-15H,3,6-7,9-11H2,1H3,(H2,19,20,21). The molecule has 7 heteroatoms. The van der Waals surface area contributed by atoms with Crippen LogP contribution >= 0.6 is 11.8 Å². The number of guanidine groups is 1. The summed E-state index contributed by atoms with van der Waals surface area (Å²) in [5.41, 5.74) is 0.954. The normalized spacial score (nSPS) is 18.3. The molecule has 1 heterocycles. The van der Waals surface area contributed by atoms with Crippen molar-refractivity contribution >= 4 is 17.7 Å². The molecule has 1 aliphatic rings. The Morgan fingerprint density at radius 1 is 1.43 bits per heavy atom. The first-order chi connectivity index (χ1) is 11.2. The Kier molecular flexibility index (Phi) is 7.45. The highest BCUT2D eigenvalue weighted by Crippen LogP contribution is 2.25. The molecule has 1 fully saturated rings. The molecule has 0 spiro atoms. The molecule has 23 heavy (non-hydrogen) atoms. The summed E-state index contributed by atoms with van der Waals surface area (Å²) in [4.78, 5) is 4.20. The molecule has 4 nitrogen and oxygen atoms in total. The van der Waals surface area contributed by atoms with Gasteiger partial charge in [-0.3, -0.25) is 4.99 Å². The fraction of sp³-hybridized carbons (Fsp3) is 0.562. The maximum absolute atomic E-state index is 12.2. The second-order valence-corrected chi connectivity index (χ2v) is 6.70. The van der Waals surface area contributed by atoms with Crippen LogP contribution < -0.4 is 15.4 Å². The minimum Gasteiger partial charge on any atom is -0.488 e. The van der Waals surface area contributed by atoms with Gasteiger partial charge in [-0.25, -0.2) is 8.78 Å². The van der Waals surface area contributed by atoms with Gasteiger partial charge in [0.25, 0.3) is 6.43 Å². The molecule has 0 radical (unpaired) electrons. The number of aliphatic imine (C=N–C) groups is 1. The molecule has 0 bridgehead atoms. The van der Waals surface area contributed by atoms with Crippen LogP contribution in [0.15, 0.2) is 29.3 Å². The Hall–Kier alpha value is -1.50. The molecule has 1 atom stereocenters. The van der Waals surface area contributed by atoms with E-state index in [1.54, 1.807) is 25.2 Å². The summed E-state index contributed by atoms with van der Waals surface area (Å²) in [6, 6.07) is 7.15. The first-order valence-electron chi connectivity index (χ1n) is 7.73. The number of nitrogens with one attached hydrogen (secondary N) is 2. The summed E-state index contributed by atoms with van der Waals surface area (Å²) in [6.07, 6.45) is 0.0698. The van der Waals surface area contributed by atoms with Crippen LogP contribution in [0.1, 0.15) is 18.4 Å². The molecular formula is C16H23F2N3OS. The highest BCUT2D eigenvalue weighted by molar-refractivity contribution is 8.00. The van der Waals surface area contributed by atoms with Crippen molar-refractivity contribution in [2.75, 3.05) is 26.0 Å². The summed E-state index contributed by atoms with van der Waals surface area (Å²) >= 11 is 2.00. The van der Waals surface area contributed by atoms with E-state index in [1.807, 2.05) is 17.8 Å². The Balaban J connectivity index is 1.77. The van der Waals surface area contributed by atoms with E-state index < -0.39 is 13.0 Å². The van der Waals surface area contributed by atoms with Crippen molar-refractivity contribution in [3.63, 3.8) is 0 Å². The third-order valence-corrected chi connectivity index (χ3v) is 4.88. The second-order valence-electron chi connectivity index (χ2n) is 5.29. The van der Waals surface area contributed by atoms with E-state index in [2.05, 4.69) is 15.6 Å². The van der Waals surface area contributed by atoms with Crippen LogP contribution in [-0.2, 0) is 6.54 Å². The Morgan fingerprint density at radius 2 is 2.30 bits per heavy atom. The molecule has 1 unspecified atom stereocenters. The zero-order chi connectivity index (χ0) is 16.5. The van der Waals surface area contributed by atoms with Crippen LogP contribution in [0.5, 0.6) is 5.75 Å². The third-order valence-electron chi connectivity index (χ3n) is 3.48. The summed E-state index contributed by atoms with van der Waals surface area (Å²) < 4.78 is 29.4. The fourth-order valence-corrected chi connectivity index (χ4v) is 3.53. The van der Waals surface area contributed by atoms with Gasteiger partial charge in [0, 0.05) is 25.4 Å². The molecule has 0 aromatic heterocycles. The molecule has 0 saturated carbocycles. The average molecular weight is 343 g/mol. The van der Waals surface area contributed by atoms with E-state index in [1.165, 1.54) is 18.6 Å². The van der Waals surface area contributed by atoms with Crippen LogP contribution in [0.3, 0.4) is 0 Å². The number of hydrogen-bond donors (Lipinski definition) is 2. The van der Waals surface area contributed by atoms with Gasteiger partial charge in [0.1, 0.15) is 12.4 Å². The number of alkyl halides is 2. The van der Waals surface area contributed by atoms with Crippen molar-refractivity contribution in [1.82, 2.24) is 10.6 Å². The van der Waals surface area contributed by atoms with E-state index in [0.717, 1.165) is 18.1 Å². The van der Waals surface area contributed by atoms with Crippen LogP contribution in [0.4, 0.5) is 8.78 Å². The number of rotatable bonds is 7. The fourth-order valence-electron chi connectivity index (χ4n) is 2.33. The van der Waals surface area contributed by atoms with Gasteiger partial charge in [0.05, 0.1) is 0 Å². The SMILES string of the molecule is CN=C(NCc1cccc(OCC(F)F)c1)NCC1CCCS1. The smallest absolute Gasteiger partial charge is 0.272 e. The summed E-state index contributed by atoms with van der Waals surface area (Å²) in [7, 11) is 1.74. The second kappa shape index (κ2) is 9.60. The molecule has 2 rings (SSSR count). The van der Waals surface area contributed by atoms with Crippen LogP contribution in [0, 0.1) is 0 Å². The molecule has 0 amide bonds. The van der Waals surface area contributed by atoms with E-state index in [0.29, 0.717) is 17.5 Å². The predicted octanol–water partition coefficient (Wildman–Crippen LogP) is 2.89. The quantitative estimate of drug-likeness (QED) is 0.590. The average Bonchev–Trinajstić information content (AvgIpc) is 3.07. The van der Waals surface area contributed by atoms with Crippen molar-refractivity contribution in [2.45, 2.75) is 31.1 Å². The number of nitrogens with zero attached hydrogens (tertiary/aromatic N) is 1. The van der Waals surface area contributed by atoms with Crippen molar-refractivity contribution in [3.05, 3.63) is 29.8 Å². The van der Waals surface area contributed by atoms with Crippen LogP contribution in [-0.4, -0.2) is 43.6 Å². The lowest BCUT2D eigenvalue weighted by Crippen LogP contribution is -2.39. The maximum atomic E-state index is 12.2. The first kappa shape index (κ1) is 17.8. The van der Waals surface area contributed by atoms with Crippen molar-refractivity contribution < 1.29 is 13.5 Å². The molecule has 1 aromatic rings. The molecular weight excluding hydrogens is 320 g/mol. The minimum absolute atomic E-state index is 0.454. The first-order valence-corrected chi connectivity index (χ1v) is 8.78. The zero-order valence-corrected chi connectivity index (χ0v) is 14.0. The minimum atomic E-state index is -2.46. The topological polar surface area (TPSA) is 45.7 Å². The van der Waals surface area contributed by atoms with Gasteiger partial charge in [0.2, 0.25) is 0 Å².